The van der Waals surface area contributed by atoms with E-state index in [4.69, 9.17) is 0 Å². The van der Waals surface area contributed by atoms with Crippen LogP contribution in [0.5, 0.6) is 0 Å². The van der Waals surface area contributed by atoms with E-state index in [0.29, 0.717) is 17.4 Å². The van der Waals surface area contributed by atoms with Crippen molar-refractivity contribution in [2.45, 2.75) is 12.8 Å². The molecule has 6 heteroatoms. The highest BCUT2D eigenvalue weighted by Crippen LogP contribution is 2.29. The van der Waals surface area contributed by atoms with Crippen molar-refractivity contribution in [3.05, 3.63) is 119 Å². The molecule has 0 saturated carbocycles. The molecule has 0 fully saturated rings. The quantitative estimate of drug-likeness (QED) is 0.334. The Kier molecular flexibility index (Phi) is 7.63. The van der Waals surface area contributed by atoms with Crippen LogP contribution in [0.4, 0.5) is 10.8 Å². The minimum absolute atomic E-state index is 0.0561. The summed E-state index contributed by atoms with van der Waals surface area (Å²) in [6.45, 7) is 1.99. The fourth-order valence-corrected chi connectivity index (χ4v) is 4.54. The average Bonchev–Trinajstić information content (AvgIpc) is 3.33. The van der Waals surface area contributed by atoms with Gasteiger partial charge in [0.25, 0.3) is 0 Å². The Morgan fingerprint density at radius 3 is 2.03 bits per heavy atom. The molecule has 170 valence electrons. The number of anilines is 2. The predicted molar refractivity (Wildman–Crippen MR) is 138 cm³/mol. The molecule has 0 aliphatic heterocycles. The Bertz CT molecular complexity index is 1220. The summed E-state index contributed by atoms with van der Waals surface area (Å²) in [7, 11) is 0. The first kappa shape index (κ1) is 23.1. The van der Waals surface area contributed by atoms with Crippen molar-refractivity contribution in [3.63, 3.8) is 0 Å². The highest BCUT2D eigenvalue weighted by atomic mass is 32.1. The van der Waals surface area contributed by atoms with Crippen LogP contribution in [0, 0.1) is 0 Å². The molecule has 4 rings (SSSR count). The molecule has 4 aromatic rings. The van der Waals surface area contributed by atoms with Gasteiger partial charge in [0, 0.05) is 30.8 Å². The van der Waals surface area contributed by atoms with Gasteiger partial charge in [0.2, 0.25) is 11.8 Å². The van der Waals surface area contributed by atoms with Gasteiger partial charge in [0.1, 0.15) is 0 Å². The van der Waals surface area contributed by atoms with Gasteiger partial charge in [0.05, 0.1) is 11.4 Å². The van der Waals surface area contributed by atoms with E-state index >= 15 is 0 Å². The molecule has 34 heavy (non-hydrogen) atoms. The van der Waals surface area contributed by atoms with Crippen LogP contribution in [-0.4, -0.2) is 23.3 Å². The van der Waals surface area contributed by atoms with Crippen molar-refractivity contribution in [1.29, 1.82) is 0 Å². The van der Waals surface area contributed by atoms with E-state index in [1.54, 1.807) is 11.0 Å². The highest BCUT2D eigenvalue weighted by Gasteiger charge is 2.17. The normalized spacial score (nSPS) is 11.0. The number of thiazole rings is 1. The van der Waals surface area contributed by atoms with Gasteiger partial charge in [-0.25, -0.2) is 4.98 Å². The number of nitrogens with zero attached hydrogens (tertiary/aromatic N) is 2. The van der Waals surface area contributed by atoms with Gasteiger partial charge in [-0.2, -0.15) is 0 Å². The summed E-state index contributed by atoms with van der Waals surface area (Å²) in [6, 6.07) is 29.7. The Morgan fingerprint density at radius 2 is 1.47 bits per heavy atom. The van der Waals surface area contributed by atoms with E-state index < -0.39 is 0 Å². The molecule has 1 N–H and O–H groups in total. The fourth-order valence-electron chi connectivity index (χ4n) is 3.68. The van der Waals surface area contributed by atoms with E-state index in [1.165, 1.54) is 24.3 Å². The second-order valence-electron chi connectivity index (χ2n) is 7.70. The predicted octanol–water partition coefficient (Wildman–Crippen LogP) is 5.79. The van der Waals surface area contributed by atoms with Crippen LogP contribution in [0.15, 0.2) is 102 Å². The average molecular weight is 468 g/mol. The summed E-state index contributed by atoms with van der Waals surface area (Å²) >= 11 is 1.36. The number of nitrogens with one attached hydrogen (secondary N) is 1. The SMILES string of the molecule is CC(=O)N(c1ccccc1)c1nc(/C=C/C(=O)NCC(c2ccccc2)c2ccccc2)cs1. The number of benzene rings is 3. The molecule has 1 heterocycles. The maximum Gasteiger partial charge on any atom is 0.244 e. The Labute approximate surface area is 203 Å². The monoisotopic (exact) mass is 467 g/mol. The van der Waals surface area contributed by atoms with Crippen LogP contribution in [-0.2, 0) is 9.59 Å². The van der Waals surface area contributed by atoms with Gasteiger partial charge in [-0.3, -0.25) is 14.5 Å². The number of hydrogen-bond donors (Lipinski definition) is 1. The van der Waals surface area contributed by atoms with Crippen molar-refractivity contribution in [1.82, 2.24) is 10.3 Å². The molecule has 0 unspecified atom stereocenters. The number of amides is 2. The minimum atomic E-state index is -0.196. The molecular formula is C28H25N3O2S. The number of carbonyl (C=O) groups excluding carboxylic acids is 2. The van der Waals surface area contributed by atoms with Crippen molar-refractivity contribution in [2.24, 2.45) is 0 Å². The lowest BCUT2D eigenvalue weighted by Gasteiger charge is -2.18. The van der Waals surface area contributed by atoms with Crippen LogP contribution in [0.2, 0.25) is 0 Å². The van der Waals surface area contributed by atoms with Crippen LogP contribution in [0.25, 0.3) is 6.08 Å². The molecule has 0 radical (unpaired) electrons. The molecule has 2 amide bonds. The lowest BCUT2D eigenvalue weighted by molar-refractivity contribution is -0.117. The molecule has 0 saturated heterocycles. The third kappa shape index (κ3) is 5.85. The van der Waals surface area contributed by atoms with Gasteiger partial charge in [-0.15, -0.1) is 11.3 Å². The second-order valence-corrected chi connectivity index (χ2v) is 8.53. The number of carbonyl (C=O) groups is 2. The summed E-state index contributed by atoms with van der Waals surface area (Å²) in [5.74, 6) is -0.264. The van der Waals surface area contributed by atoms with Crippen LogP contribution in [0.1, 0.15) is 29.7 Å². The van der Waals surface area contributed by atoms with Crippen molar-refractivity contribution < 1.29 is 9.59 Å². The first-order valence-corrected chi connectivity index (χ1v) is 11.9. The molecule has 5 nitrogen and oxygen atoms in total. The fraction of sp³-hybridized carbons (Fsp3) is 0.107. The van der Waals surface area contributed by atoms with Crippen LogP contribution in [0.3, 0.4) is 0 Å². The molecule has 0 aliphatic rings. The maximum absolute atomic E-state index is 12.6. The van der Waals surface area contributed by atoms with E-state index in [0.717, 1.165) is 16.8 Å². The first-order chi connectivity index (χ1) is 16.6. The maximum atomic E-state index is 12.6. The standard InChI is InChI=1S/C28H25N3O2S/c1-21(32)31(25-15-9-4-10-16-25)28-30-24(20-34-28)17-18-27(33)29-19-26(22-11-5-2-6-12-22)23-13-7-3-8-14-23/h2-18,20,26H,19H2,1H3,(H,29,33)/b18-17+. The number of para-hydroxylation sites is 1. The molecular weight excluding hydrogens is 442 g/mol. The van der Waals surface area contributed by atoms with E-state index in [9.17, 15) is 9.59 Å². The first-order valence-electron chi connectivity index (χ1n) is 11.0. The third-order valence-electron chi connectivity index (χ3n) is 5.32. The van der Waals surface area contributed by atoms with E-state index in [-0.39, 0.29) is 17.7 Å². The smallest absolute Gasteiger partial charge is 0.244 e. The Morgan fingerprint density at radius 1 is 0.912 bits per heavy atom. The largest absolute Gasteiger partial charge is 0.352 e. The summed E-state index contributed by atoms with van der Waals surface area (Å²) < 4.78 is 0. The van der Waals surface area contributed by atoms with Crippen LogP contribution >= 0.6 is 11.3 Å². The number of aromatic nitrogens is 1. The summed E-state index contributed by atoms with van der Waals surface area (Å²) in [4.78, 5) is 30.9. The number of rotatable bonds is 8. The zero-order valence-corrected chi connectivity index (χ0v) is 19.6. The third-order valence-corrected chi connectivity index (χ3v) is 6.16. The summed E-state index contributed by atoms with van der Waals surface area (Å²) in [6.07, 6.45) is 3.14. The van der Waals surface area contributed by atoms with E-state index in [1.807, 2.05) is 72.1 Å². The molecule has 0 aliphatic carbocycles. The van der Waals surface area contributed by atoms with E-state index in [2.05, 4.69) is 34.6 Å². The lowest BCUT2D eigenvalue weighted by Crippen LogP contribution is -2.27. The second kappa shape index (κ2) is 11.2. The molecule has 3 aromatic carbocycles. The van der Waals surface area contributed by atoms with Gasteiger partial charge < -0.3 is 5.32 Å². The Hall–Kier alpha value is -4.03. The zero-order valence-electron chi connectivity index (χ0n) is 18.8. The summed E-state index contributed by atoms with van der Waals surface area (Å²) in [5.41, 5.74) is 3.67. The van der Waals surface area contributed by atoms with Crippen molar-refractivity contribution >= 4 is 40.0 Å². The van der Waals surface area contributed by atoms with Gasteiger partial charge >= 0.3 is 0 Å². The van der Waals surface area contributed by atoms with Crippen molar-refractivity contribution in [2.75, 3.05) is 11.4 Å². The number of hydrogen-bond acceptors (Lipinski definition) is 4. The van der Waals surface area contributed by atoms with Gasteiger partial charge in [0.15, 0.2) is 5.13 Å². The molecule has 0 bridgehead atoms. The zero-order chi connectivity index (χ0) is 23.8. The topological polar surface area (TPSA) is 62.3 Å². The van der Waals surface area contributed by atoms with Crippen molar-refractivity contribution in [3.8, 4) is 0 Å². The molecule has 0 spiro atoms. The molecule has 0 atom stereocenters. The van der Waals surface area contributed by atoms with Gasteiger partial charge in [-0.05, 0) is 29.3 Å². The minimum Gasteiger partial charge on any atom is -0.352 e. The highest BCUT2D eigenvalue weighted by molar-refractivity contribution is 7.14. The summed E-state index contributed by atoms with van der Waals surface area (Å²) in [5, 5.41) is 5.40. The lowest BCUT2D eigenvalue weighted by atomic mass is 9.91. The van der Waals surface area contributed by atoms with Crippen LogP contribution < -0.4 is 10.2 Å². The Balaban J connectivity index is 1.43. The molecule has 1 aromatic heterocycles. The van der Waals surface area contributed by atoms with Gasteiger partial charge in [-0.1, -0.05) is 78.9 Å².